The van der Waals surface area contributed by atoms with Gasteiger partial charge in [0.25, 0.3) is 5.56 Å². The van der Waals surface area contributed by atoms with E-state index in [0.29, 0.717) is 21.7 Å². The van der Waals surface area contributed by atoms with Gasteiger partial charge in [0.1, 0.15) is 5.75 Å². The van der Waals surface area contributed by atoms with Crippen LogP contribution in [0.25, 0.3) is 10.9 Å². The lowest BCUT2D eigenvalue weighted by molar-refractivity contribution is 0.410. The summed E-state index contributed by atoms with van der Waals surface area (Å²) in [7, 11) is 0. The number of H-pyrrole nitrogens is 1. The first-order valence-electron chi connectivity index (χ1n) is 6.44. The number of aromatic amines is 1. The maximum Gasteiger partial charge on any atom is 0.295 e. The molecule has 4 nitrogen and oxygen atoms in total. The first-order chi connectivity index (χ1) is 10.5. The number of nitrogens with one attached hydrogen (secondary N) is 1. The van der Waals surface area contributed by atoms with Crippen molar-refractivity contribution < 1.29 is 9.84 Å². The normalized spacial score (nSPS) is 10.9. The molecule has 0 aliphatic heterocycles. The number of aromatic hydroxyl groups is 1. The summed E-state index contributed by atoms with van der Waals surface area (Å²) in [4.78, 5) is 14.8. The third-order valence-electron chi connectivity index (χ3n) is 3.23. The molecule has 2 N–H and O–H groups in total. The van der Waals surface area contributed by atoms with E-state index in [-0.39, 0.29) is 11.5 Å². The van der Waals surface area contributed by atoms with Gasteiger partial charge in [-0.05, 0) is 53.8 Å². The summed E-state index contributed by atoms with van der Waals surface area (Å²) in [6.45, 7) is 1.95. The fourth-order valence-electron chi connectivity index (χ4n) is 2.07. The van der Waals surface area contributed by atoms with Crippen molar-refractivity contribution in [3.8, 4) is 17.2 Å². The maximum atomic E-state index is 12.1. The number of fused-ring (bicyclic) bond motifs is 1. The topological polar surface area (TPSA) is 62.3 Å². The van der Waals surface area contributed by atoms with E-state index < -0.39 is 5.56 Å². The van der Waals surface area contributed by atoms with Crippen LogP contribution in [0, 0.1) is 10.5 Å². The Kier molecular flexibility index (Phi) is 4.01. The molecule has 0 saturated carbocycles. The van der Waals surface area contributed by atoms with Gasteiger partial charge >= 0.3 is 0 Å². The Hall–Kier alpha value is -1.73. The number of benzene rings is 2. The van der Waals surface area contributed by atoms with Crippen molar-refractivity contribution in [2.24, 2.45) is 0 Å². The average Bonchev–Trinajstić information content (AvgIpc) is 2.48. The van der Waals surface area contributed by atoms with Crippen molar-refractivity contribution in [2.75, 3.05) is 0 Å². The van der Waals surface area contributed by atoms with Gasteiger partial charge in [0.2, 0.25) is 5.75 Å². The zero-order valence-corrected chi connectivity index (χ0v) is 14.4. The first kappa shape index (κ1) is 15.2. The average molecular weight is 428 g/mol. The molecular formula is C16H11ClINO3. The molecule has 0 fully saturated rings. The van der Waals surface area contributed by atoms with Gasteiger partial charge in [0.05, 0.1) is 10.5 Å². The summed E-state index contributed by atoms with van der Waals surface area (Å²) in [6, 6.07) is 10.5. The molecule has 1 heterocycles. The highest BCUT2D eigenvalue weighted by Gasteiger charge is 2.15. The number of aryl methyl sites for hydroxylation is 1. The predicted octanol–water partition coefficient (Wildman–Crippen LogP) is 4.59. The van der Waals surface area contributed by atoms with Gasteiger partial charge in [-0.1, -0.05) is 29.3 Å². The second kappa shape index (κ2) is 5.81. The number of halogens is 2. The van der Waals surface area contributed by atoms with Crippen LogP contribution >= 0.6 is 34.2 Å². The predicted molar refractivity (Wildman–Crippen MR) is 95.2 cm³/mol. The lowest BCUT2D eigenvalue weighted by atomic mass is 10.2. The van der Waals surface area contributed by atoms with Gasteiger partial charge in [0, 0.05) is 8.96 Å². The molecule has 0 spiro atoms. The van der Waals surface area contributed by atoms with Crippen LogP contribution in [-0.4, -0.2) is 10.1 Å². The summed E-state index contributed by atoms with van der Waals surface area (Å²) in [5.74, 6) is 0.151. The Morgan fingerprint density at radius 1 is 1.23 bits per heavy atom. The number of pyridine rings is 1. The largest absolute Gasteiger partial charge is 0.504 e. The van der Waals surface area contributed by atoms with Crippen molar-refractivity contribution in [1.29, 1.82) is 0 Å². The van der Waals surface area contributed by atoms with Gasteiger partial charge in [-0.2, -0.15) is 0 Å². The van der Waals surface area contributed by atoms with Crippen LogP contribution in [0.5, 0.6) is 17.2 Å². The number of ether oxygens (including phenoxy) is 1. The number of hydrogen-bond donors (Lipinski definition) is 2. The van der Waals surface area contributed by atoms with Gasteiger partial charge in [-0.15, -0.1) is 0 Å². The molecule has 22 heavy (non-hydrogen) atoms. The molecule has 1 aromatic heterocycles. The standard InChI is InChI=1S/C16H11ClINO3/c1-8-2-4-9(5-3-8)22-15-14(20)10-6-12(18)11(17)7-13(10)19-16(15)21/h2-7H,1H3,(H2,19,20,21). The first-order valence-corrected chi connectivity index (χ1v) is 7.90. The minimum Gasteiger partial charge on any atom is -0.504 e. The lowest BCUT2D eigenvalue weighted by Crippen LogP contribution is -2.09. The van der Waals surface area contributed by atoms with E-state index in [1.807, 2.05) is 19.1 Å². The summed E-state index contributed by atoms with van der Waals surface area (Å²) >= 11 is 8.10. The summed E-state index contributed by atoms with van der Waals surface area (Å²) < 4.78 is 6.32. The Bertz CT molecular complexity index is 919. The van der Waals surface area contributed by atoms with E-state index in [1.165, 1.54) is 0 Å². The molecule has 3 rings (SSSR count). The third-order valence-corrected chi connectivity index (χ3v) is 4.75. The van der Waals surface area contributed by atoms with E-state index in [2.05, 4.69) is 27.6 Å². The molecule has 0 aliphatic rings. The molecule has 0 aliphatic carbocycles. The zero-order chi connectivity index (χ0) is 15.9. The fraction of sp³-hybridized carbons (Fsp3) is 0.0625. The van der Waals surface area contributed by atoms with Crippen LogP contribution in [-0.2, 0) is 0 Å². The number of hydrogen-bond acceptors (Lipinski definition) is 3. The van der Waals surface area contributed by atoms with E-state index in [9.17, 15) is 9.90 Å². The Labute approximate surface area is 144 Å². The van der Waals surface area contributed by atoms with Crippen molar-refractivity contribution in [2.45, 2.75) is 6.92 Å². The van der Waals surface area contributed by atoms with Gasteiger partial charge in [-0.3, -0.25) is 4.79 Å². The van der Waals surface area contributed by atoms with Crippen molar-refractivity contribution in [3.05, 3.63) is 60.9 Å². The van der Waals surface area contributed by atoms with Crippen molar-refractivity contribution >= 4 is 45.1 Å². The van der Waals surface area contributed by atoms with Gasteiger partial charge < -0.3 is 14.8 Å². The maximum absolute atomic E-state index is 12.1. The van der Waals surface area contributed by atoms with Crippen LogP contribution in [0.3, 0.4) is 0 Å². The van der Waals surface area contributed by atoms with Crippen LogP contribution in [0.15, 0.2) is 41.2 Å². The SMILES string of the molecule is Cc1ccc(Oc2c(O)c3cc(I)c(Cl)cc3[nH]c2=O)cc1. The van der Waals surface area contributed by atoms with E-state index >= 15 is 0 Å². The molecule has 112 valence electrons. The molecule has 2 aromatic carbocycles. The number of aromatic nitrogens is 1. The molecule has 0 bridgehead atoms. The van der Waals surface area contributed by atoms with E-state index in [4.69, 9.17) is 16.3 Å². The highest BCUT2D eigenvalue weighted by Crippen LogP contribution is 2.35. The summed E-state index contributed by atoms with van der Waals surface area (Å²) in [5.41, 5.74) is 1.03. The summed E-state index contributed by atoms with van der Waals surface area (Å²) in [5, 5.41) is 11.4. The summed E-state index contributed by atoms with van der Waals surface area (Å²) in [6.07, 6.45) is 0. The molecule has 0 amide bonds. The van der Waals surface area contributed by atoms with Crippen LogP contribution < -0.4 is 10.3 Å². The zero-order valence-electron chi connectivity index (χ0n) is 11.5. The van der Waals surface area contributed by atoms with Crippen molar-refractivity contribution in [1.82, 2.24) is 4.98 Å². The van der Waals surface area contributed by atoms with E-state index in [1.54, 1.807) is 24.3 Å². The molecule has 0 saturated heterocycles. The van der Waals surface area contributed by atoms with Gasteiger partial charge in [0.15, 0.2) is 5.75 Å². The molecule has 0 radical (unpaired) electrons. The fourth-order valence-corrected chi connectivity index (χ4v) is 2.70. The molecule has 0 atom stereocenters. The monoisotopic (exact) mass is 427 g/mol. The Morgan fingerprint density at radius 3 is 2.59 bits per heavy atom. The van der Waals surface area contributed by atoms with E-state index in [0.717, 1.165) is 9.13 Å². The highest BCUT2D eigenvalue weighted by atomic mass is 127. The Morgan fingerprint density at radius 2 is 1.91 bits per heavy atom. The van der Waals surface area contributed by atoms with Crippen LogP contribution in [0.1, 0.15) is 5.56 Å². The molecule has 6 heteroatoms. The molecule has 3 aromatic rings. The van der Waals surface area contributed by atoms with Crippen LogP contribution in [0.2, 0.25) is 5.02 Å². The minimum absolute atomic E-state index is 0.130. The van der Waals surface area contributed by atoms with Crippen molar-refractivity contribution in [3.63, 3.8) is 0 Å². The minimum atomic E-state index is -0.511. The second-order valence-electron chi connectivity index (χ2n) is 4.86. The second-order valence-corrected chi connectivity index (χ2v) is 6.43. The molecular weight excluding hydrogens is 417 g/mol. The lowest BCUT2D eigenvalue weighted by Gasteiger charge is -2.10. The Balaban J connectivity index is 2.15. The third kappa shape index (κ3) is 2.78. The van der Waals surface area contributed by atoms with Gasteiger partial charge in [-0.25, -0.2) is 0 Å². The van der Waals surface area contributed by atoms with Crippen LogP contribution in [0.4, 0.5) is 0 Å². The molecule has 0 unspecified atom stereocenters. The highest BCUT2D eigenvalue weighted by molar-refractivity contribution is 14.1. The number of rotatable bonds is 2. The smallest absolute Gasteiger partial charge is 0.295 e. The quantitative estimate of drug-likeness (QED) is 0.588.